The Morgan fingerprint density at radius 1 is 1.03 bits per heavy atom. The Labute approximate surface area is 232 Å². The summed E-state index contributed by atoms with van der Waals surface area (Å²) in [5.41, 5.74) is 0.958. The molecule has 2 aromatic carbocycles. The van der Waals surface area contributed by atoms with E-state index in [1.165, 1.54) is 12.1 Å². The summed E-state index contributed by atoms with van der Waals surface area (Å²) >= 11 is -1.29. The van der Waals surface area contributed by atoms with E-state index >= 15 is 0 Å². The number of ether oxygens (including phenoxy) is 1. The molecule has 38 heavy (non-hydrogen) atoms. The molecule has 3 atom stereocenters. The summed E-state index contributed by atoms with van der Waals surface area (Å²) in [5.74, 6) is 0.769. The molecule has 7 nitrogen and oxygen atoms in total. The van der Waals surface area contributed by atoms with Gasteiger partial charge in [-0.05, 0) is 81.6 Å². The summed E-state index contributed by atoms with van der Waals surface area (Å²) in [5, 5.41) is 10.9. The number of para-hydroxylation sites is 1. The Hall–Kier alpha value is -2.17. The molecular weight excluding hydrogens is 516 g/mol. The molecule has 0 saturated carbocycles. The topological polar surface area (TPSA) is 96.7 Å². The van der Waals surface area contributed by atoms with Crippen LogP contribution in [0.15, 0.2) is 60.7 Å². The monoisotopic (exact) mass is 560 g/mol. The first-order valence-electron chi connectivity index (χ1n) is 13.0. The summed E-state index contributed by atoms with van der Waals surface area (Å²) < 4.78 is 29.2. The van der Waals surface area contributed by atoms with E-state index in [0.29, 0.717) is 19.4 Å². The summed E-state index contributed by atoms with van der Waals surface area (Å²) in [6, 6.07) is 15.9. The third kappa shape index (κ3) is 10.2. The van der Waals surface area contributed by atoms with Gasteiger partial charge >= 0.3 is 0 Å². The van der Waals surface area contributed by atoms with Crippen molar-refractivity contribution in [3.63, 3.8) is 0 Å². The smallest absolute Gasteiger partial charge is 0.269 e. The predicted octanol–water partition coefficient (Wildman–Crippen LogP) is 7.28. The highest BCUT2D eigenvalue weighted by molar-refractivity contribution is 7.90. The van der Waals surface area contributed by atoms with Gasteiger partial charge in [-0.15, -0.1) is 4.72 Å². The highest BCUT2D eigenvalue weighted by Crippen LogP contribution is 2.38. The zero-order valence-corrected chi connectivity index (χ0v) is 25.8. The highest BCUT2D eigenvalue weighted by atomic mass is 32.2. The van der Waals surface area contributed by atoms with Crippen molar-refractivity contribution in [2.24, 2.45) is 0 Å². The molecule has 1 unspecified atom stereocenters. The fraction of sp³-hybridized carbons (Fsp3) is 0.517. The standard InChI is InChI=1S/C29H44N2O5SSi/c1-28(2,3)37(34)30-26(17-13-12-14-23-18-20-24(21-19-23)31(32)33)27(36-38(7,8)29(4,5)6)22-35-25-15-10-9-11-16-25/h9-12,14-16,18-21,26-27,30H,13,17,22H2,1-8H3/b14-12+/t26-,27-,37?/m1/s1. The lowest BCUT2D eigenvalue weighted by molar-refractivity contribution is -0.384. The number of nitro groups is 1. The first kappa shape index (κ1) is 32.0. The molecule has 0 fully saturated rings. The van der Waals surface area contributed by atoms with Crippen LogP contribution < -0.4 is 9.46 Å². The van der Waals surface area contributed by atoms with Crippen LogP contribution in [0, 0.1) is 10.1 Å². The second-order valence-corrected chi connectivity index (χ2v) is 18.7. The maximum absolute atomic E-state index is 13.2. The number of nitrogens with zero attached hydrogens (tertiary/aromatic N) is 1. The van der Waals surface area contributed by atoms with Gasteiger partial charge < -0.3 is 13.7 Å². The zero-order valence-electron chi connectivity index (χ0n) is 24.0. The minimum absolute atomic E-state index is 0.00154. The van der Waals surface area contributed by atoms with E-state index in [-0.39, 0.29) is 22.9 Å². The molecule has 9 heteroatoms. The SMILES string of the molecule is CC(C)(C)[S+]([O-])N[C@H](CC/C=C/c1ccc([N+](=O)[O-])cc1)[C@@H](COc1ccccc1)O[Si](C)(C)C(C)(C)C. The van der Waals surface area contributed by atoms with Crippen LogP contribution in [0.5, 0.6) is 5.75 Å². The molecule has 0 saturated heterocycles. The van der Waals surface area contributed by atoms with E-state index in [2.05, 4.69) is 38.6 Å². The van der Waals surface area contributed by atoms with Crippen LogP contribution in [0.1, 0.15) is 59.9 Å². The largest absolute Gasteiger partial charge is 0.598 e. The van der Waals surface area contributed by atoms with Crippen molar-refractivity contribution in [2.45, 2.75) is 89.4 Å². The average molecular weight is 561 g/mol. The van der Waals surface area contributed by atoms with Crippen molar-refractivity contribution in [1.29, 1.82) is 0 Å². The van der Waals surface area contributed by atoms with Crippen LogP contribution in [0.4, 0.5) is 5.69 Å². The number of hydrogen-bond donors (Lipinski definition) is 1. The van der Waals surface area contributed by atoms with E-state index in [1.807, 2.05) is 63.3 Å². The lowest BCUT2D eigenvalue weighted by atomic mass is 10.1. The Morgan fingerprint density at radius 3 is 2.16 bits per heavy atom. The van der Waals surface area contributed by atoms with Gasteiger partial charge in [0.05, 0.1) is 17.1 Å². The van der Waals surface area contributed by atoms with Gasteiger partial charge in [0.15, 0.2) is 8.32 Å². The maximum Gasteiger partial charge on any atom is 0.269 e. The summed E-state index contributed by atoms with van der Waals surface area (Å²) in [6.45, 7) is 17.2. The quantitative estimate of drug-likeness (QED) is 0.120. The van der Waals surface area contributed by atoms with Crippen LogP contribution >= 0.6 is 0 Å². The van der Waals surface area contributed by atoms with Gasteiger partial charge in [-0.2, -0.15) is 0 Å². The van der Waals surface area contributed by atoms with Crippen LogP contribution in [-0.4, -0.2) is 41.3 Å². The molecule has 0 aliphatic heterocycles. The zero-order chi connectivity index (χ0) is 28.6. The van der Waals surface area contributed by atoms with E-state index in [1.54, 1.807) is 12.1 Å². The number of nitro benzene ring substituents is 1. The Morgan fingerprint density at radius 2 is 1.63 bits per heavy atom. The molecule has 1 N–H and O–H groups in total. The molecule has 0 heterocycles. The van der Waals surface area contributed by atoms with Crippen molar-refractivity contribution < 1.29 is 18.6 Å². The third-order valence-electron chi connectivity index (χ3n) is 6.73. The van der Waals surface area contributed by atoms with Gasteiger partial charge in [0, 0.05) is 23.5 Å². The second-order valence-electron chi connectivity index (χ2n) is 12.0. The third-order valence-corrected chi connectivity index (χ3v) is 12.9. The molecule has 0 spiro atoms. The maximum atomic E-state index is 13.2. The van der Waals surface area contributed by atoms with E-state index in [9.17, 15) is 14.7 Å². The van der Waals surface area contributed by atoms with Crippen LogP contribution in [0.25, 0.3) is 6.08 Å². The molecule has 0 aromatic heterocycles. The molecule has 2 aromatic rings. The number of allylic oxidation sites excluding steroid dienone is 1. The molecule has 0 radical (unpaired) electrons. The van der Waals surface area contributed by atoms with Crippen LogP contribution in [-0.2, 0) is 15.8 Å². The predicted molar refractivity (Wildman–Crippen MR) is 160 cm³/mol. The average Bonchev–Trinajstić information content (AvgIpc) is 2.83. The molecular formula is C29H44N2O5SSi. The van der Waals surface area contributed by atoms with Gasteiger partial charge in [0.25, 0.3) is 5.69 Å². The summed E-state index contributed by atoms with van der Waals surface area (Å²) in [4.78, 5) is 10.5. The van der Waals surface area contributed by atoms with Gasteiger partial charge in [0.2, 0.25) is 0 Å². The number of nitrogens with one attached hydrogen (secondary N) is 1. The Kier molecular flexibility index (Phi) is 11.6. The number of rotatable bonds is 13. The Balaban J connectivity index is 2.26. The van der Waals surface area contributed by atoms with Crippen molar-refractivity contribution in [3.05, 3.63) is 76.4 Å². The molecule has 0 amide bonds. The lowest BCUT2D eigenvalue weighted by Crippen LogP contribution is -2.55. The molecule has 0 aliphatic carbocycles. The van der Waals surface area contributed by atoms with E-state index < -0.39 is 29.3 Å². The van der Waals surface area contributed by atoms with E-state index in [4.69, 9.17) is 9.16 Å². The summed E-state index contributed by atoms with van der Waals surface area (Å²) in [6.07, 6.45) is 5.07. The van der Waals surface area contributed by atoms with Gasteiger partial charge in [-0.3, -0.25) is 10.1 Å². The van der Waals surface area contributed by atoms with Crippen LogP contribution in [0.3, 0.4) is 0 Å². The minimum atomic E-state index is -2.17. The number of hydrogen-bond acceptors (Lipinski definition) is 6. The van der Waals surface area contributed by atoms with Crippen molar-refractivity contribution in [3.8, 4) is 5.75 Å². The van der Waals surface area contributed by atoms with Gasteiger partial charge in [0.1, 0.15) is 17.1 Å². The van der Waals surface area contributed by atoms with Crippen molar-refractivity contribution in [2.75, 3.05) is 6.61 Å². The molecule has 0 bridgehead atoms. The molecule has 210 valence electrons. The highest BCUT2D eigenvalue weighted by Gasteiger charge is 2.42. The van der Waals surface area contributed by atoms with Crippen molar-refractivity contribution >= 4 is 31.4 Å². The summed E-state index contributed by atoms with van der Waals surface area (Å²) in [7, 11) is -2.17. The Bertz CT molecular complexity index is 1030. The lowest BCUT2D eigenvalue weighted by Gasteiger charge is -2.41. The van der Waals surface area contributed by atoms with Gasteiger partial charge in [-0.1, -0.05) is 51.1 Å². The molecule has 0 aliphatic rings. The normalized spacial score (nSPS) is 15.3. The van der Waals surface area contributed by atoms with Crippen molar-refractivity contribution in [1.82, 2.24) is 4.72 Å². The fourth-order valence-corrected chi connectivity index (χ4v) is 5.56. The number of non-ortho nitro benzene ring substituents is 1. The number of benzene rings is 2. The van der Waals surface area contributed by atoms with Gasteiger partial charge in [-0.25, -0.2) is 0 Å². The first-order valence-corrected chi connectivity index (χ1v) is 17.1. The first-order chi connectivity index (χ1) is 17.6. The molecule has 2 rings (SSSR count). The van der Waals surface area contributed by atoms with Crippen LogP contribution in [0.2, 0.25) is 18.1 Å². The minimum Gasteiger partial charge on any atom is -0.598 e. The van der Waals surface area contributed by atoms with E-state index in [0.717, 1.165) is 11.3 Å². The second kappa shape index (κ2) is 13.8. The fourth-order valence-electron chi connectivity index (χ4n) is 3.32.